The fourth-order valence-corrected chi connectivity index (χ4v) is 3.24. The molecule has 24 heavy (non-hydrogen) atoms. The summed E-state index contributed by atoms with van der Waals surface area (Å²) in [5.41, 5.74) is 5.00. The predicted octanol–water partition coefficient (Wildman–Crippen LogP) is 3.22. The lowest BCUT2D eigenvalue weighted by molar-refractivity contribution is -0.109. The minimum atomic E-state index is 0.0438. The first-order valence-corrected chi connectivity index (χ1v) is 8.37. The lowest BCUT2D eigenvalue weighted by Crippen LogP contribution is -2.31. The van der Waals surface area contributed by atoms with Crippen LogP contribution in [0.3, 0.4) is 0 Å². The highest BCUT2D eigenvalue weighted by Crippen LogP contribution is 2.27. The molecule has 0 saturated carbocycles. The normalized spacial score (nSPS) is 13.8. The van der Waals surface area contributed by atoms with Crippen molar-refractivity contribution in [3.63, 3.8) is 0 Å². The molecule has 0 spiro atoms. The Kier molecular flexibility index (Phi) is 4.94. The van der Waals surface area contributed by atoms with Gasteiger partial charge >= 0.3 is 0 Å². The van der Waals surface area contributed by atoms with Crippen molar-refractivity contribution in [2.45, 2.75) is 32.7 Å². The third kappa shape index (κ3) is 3.32. The fraction of sp³-hybridized carbons (Fsp3) is 0.300. The van der Waals surface area contributed by atoms with Crippen molar-refractivity contribution in [1.82, 2.24) is 5.32 Å². The minimum absolute atomic E-state index is 0.0438. The molecular formula is C20H22N2O2. The summed E-state index contributed by atoms with van der Waals surface area (Å²) in [4.78, 5) is 25.4. The number of fused-ring (bicyclic) bond motifs is 1. The zero-order valence-corrected chi connectivity index (χ0v) is 13.9. The Bertz CT molecular complexity index is 755. The summed E-state index contributed by atoms with van der Waals surface area (Å²) in [6.45, 7) is 3.20. The van der Waals surface area contributed by atoms with Crippen LogP contribution < -0.4 is 10.2 Å². The van der Waals surface area contributed by atoms with Gasteiger partial charge < -0.3 is 10.2 Å². The van der Waals surface area contributed by atoms with E-state index in [1.54, 1.807) is 0 Å². The summed E-state index contributed by atoms with van der Waals surface area (Å²) in [6.07, 6.45) is 3.83. The molecule has 0 bridgehead atoms. The van der Waals surface area contributed by atoms with Gasteiger partial charge in [-0.05, 0) is 61.1 Å². The van der Waals surface area contributed by atoms with Crippen molar-refractivity contribution >= 4 is 18.0 Å². The molecule has 1 aliphatic heterocycles. The molecule has 0 unspecified atom stereocenters. The van der Waals surface area contributed by atoms with Crippen LogP contribution in [0, 0.1) is 6.92 Å². The molecule has 0 radical (unpaired) electrons. The zero-order chi connectivity index (χ0) is 16.9. The number of carbonyl (C=O) groups excluding carboxylic acids is 2. The smallest absolute Gasteiger partial charge is 0.258 e. The first kappa shape index (κ1) is 16.2. The zero-order valence-electron chi connectivity index (χ0n) is 13.9. The maximum Gasteiger partial charge on any atom is 0.258 e. The van der Waals surface area contributed by atoms with Crippen molar-refractivity contribution in [2.24, 2.45) is 0 Å². The van der Waals surface area contributed by atoms with Crippen molar-refractivity contribution in [1.29, 1.82) is 0 Å². The highest BCUT2D eigenvalue weighted by molar-refractivity contribution is 6.06. The average molecular weight is 322 g/mol. The third-order valence-electron chi connectivity index (χ3n) is 4.57. The Balaban J connectivity index is 1.89. The maximum atomic E-state index is 13.0. The number of amides is 2. The van der Waals surface area contributed by atoms with Crippen LogP contribution in [0.2, 0.25) is 0 Å². The monoisotopic (exact) mass is 322 g/mol. The van der Waals surface area contributed by atoms with E-state index in [-0.39, 0.29) is 5.91 Å². The highest BCUT2D eigenvalue weighted by atomic mass is 16.2. The van der Waals surface area contributed by atoms with Gasteiger partial charge in [-0.25, -0.2) is 0 Å². The predicted molar refractivity (Wildman–Crippen MR) is 95.1 cm³/mol. The molecule has 0 fully saturated rings. The van der Waals surface area contributed by atoms with Crippen molar-refractivity contribution in [2.75, 3.05) is 11.4 Å². The summed E-state index contributed by atoms with van der Waals surface area (Å²) in [7, 11) is 0. The summed E-state index contributed by atoms with van der Waals surface area (Å²) in [5.74, 6) is 0.0438. The van der Waals surface area contributed by atoms with Crippen LogP contribution in [-0.2, 0) is 17.8 Å². The van der Waals surface area contributed by atoms with E-state index in [0.717, 1.165) is 42.6 Å². The molecule has 124 valence electrons. The van der Waals surface area contributed by atoms with E-state index >= 15 is 0 Å². The minimum Gasteiger partial charge on any atom is -0.355 e. The SMILES string of the molecule is Cc1cc(C(=O)N2CCCCc3ccccc32)ccc1CNC=O. The molecule has 4 heteroatoms. The molecule has 0 aromatic heterocycles. The van der Waals surface area contributed by atoms with Crippen molar-refractivity contribution < 1.29 is 9.59 Å². The second kappa shape index (κ2) is 7.30. The third-order valence-corrected chi connectivity index (χ3v) is 4.57. The van der Waals surface area contributed by atoms with Crippen LogP contribution in [0.1, 0.15) is 39.9 Å². The molecule has 1 aliphatic rings. The summed E-state index contributed by atoms with van der Waals surface area (Å²) < 4.78 is 0. The van der Waals surface area contributed by atoms with Gasteiger partial charge in [0.05, 0.1) is 0 Å². The number of rotatable bonds is 4. The van der Waals surface area contributed by atoms with Crippen LogP contribution in [0.4, 0.5) is 5.69 Å². The molecular weight excluding hydrogens is 300 g/mol. The van der Waals surface area contributed by atoms with Crippen LogP contribution in [0.25, 0.3) is 0 Å². The highest BCUT2D eigenvalue weighted by Gasteiger charge is 2.22. The number of anilines is 1. The van der Waals surface area contributed by atoms with Crippen molar-refractivity contribution in [3.05, 3.63) is 64.7 Å². The Labute approximate surface area is 142 Å². The quantitative estimate of drug-likeness (QED) is 0.879. The number of hydrogen-bond acceptors (Lipinski definition) is 2. The molecule has 2 amide bonds. The van der Waals surface area contributed by atoms with Gasteiger partial charge in [-0.1, -0.05) is 24.3 Å². The van der Waals surface area contributed by atoms with Crippen LogP contribution in [0.5, 0.6) is 0 Å². The molecule has 0 atom stereocenters. The van der Waals surface area contributed by atoms with Gasteiger partial charge in [0, 0.05) is 24.3 Å². The van der Waals surface area contributed by atoms with E-state index < -0.39 is 0 Å². The van der Waals surface area contributed by atoms with Gasteiger partial charge in [-0.2, -0.15) is 0 Å². The lowest BCUT2D eigenvalue weighted by atomic mass is 10.0. The Morgan fingerprint density at radius 2 is 2.04 bits per heavy atom. The molecule has 4 nitrogen and oxygen atoms in total. The van der Waals surface area contributed by atoms with Crippen molar-refractivity contribution in [3.8, 4) is 0 Å². The van der Waals surface area contributed by atoms with Gasteiger partial charge in [0.25, 0.3) is 5.91 Å². The Morgan fingerprint density at radius 3 is 2.83 bits per heavy atom. The molecule has 2 aromatic carbocycles. The van der Waals surface area contributed by atoms with Crippen LogP contribution in [-0.4, -0.2) is 18.9 Å². The Morgan fingerprint density at radius 1 is 1.21 bits per heavy atom. The number of nitrogens with zero attached hydrogens (tertiary/aromatic N) is 1. The average Bonchev–Trinajstić information content (AvgIpc) is 2.82. The molecule has 0 saturated heterocycles. The van der Waals surface area contributed by atoms with Crippen LogP contribution >= 0.6 is 0 Å². The second-order valence-electron chi connectivity index (χ2n) is 6.18. The first-order valence-electron chi connectivity index (χ1n) is 8.37. The number of aryl methyl sites for hydroxylation is 2. The van der Waals surface area contributed by atoms with Gasteiger partial charge in [0.2, 0.25) is 6.41 Å². The molecule has 1 heterocycles. The molecule has 3 rings (SSSR count). The Hall–Kier alpha value is -2.62. The summed E-state index contributed by atoms with van der Waals surface area (Å²) >= 11 is 0. The van der Waals surface area contributed by atoms with E-state index in [0.29, 0.717) is 18.5 Å². The lowest BCUT2D eigenvalue weighted by Gasteiger charge is -2.23. The van der Waals surface area contributed by atoms with E-state index in [9.17, 15) is 9.59 Å². The van der Waals surface area contributed by atoms with E-state index in [2.05, 4.69) is 11.4 Å². The van der Waals surface area contributed by atoms with E-state index in [1.165, 1.54) is 5.56 Å². The largest absolute Gasteiger partial charge is 0.355 e. The van der Waals surface area contributed by atoms with Crippen LogP contribution in [0.15, 0.2) is 42.5 Å². The topological polar surface area (TPSA) is 49.4 Å². The number of para-hydroxylation sites is 1. The van der Waals surface area contributed by atoms with Gasteiger partial charge in [0.15, 0.2) is 0 Å². The number of carbonyl (C=O) groups is 2. The summed E-state index contributed by atoms with van der Waals surface area (Å²) in [6, 6.07) is 13.9. The fourth-order valence-electron chi connectivity index (χ4n) is 3.24. The van der Waals surface area contributed by atoms with E-state index in [4.69, 9.17) is 0 Å². The first-order chi connectivity index (χ1) is 11.7. The van der Waals surface area contributed by atoms with Gasteiger partial charge in [-0.3, -0.25) is 9.59 Å². The maximum absolute atomic E-state index is 13.0. The molecule has 0 aliphatic carbocycles. The summed E-state index contributed by atoms with van der Waals surface area (Å²) in [5, 5.41) is 2.66. The van der Waals surface area contributed by atoms with E-state index in [1.807, 2.05) is 48.2 Å². The molecule has 1 N–H and O–H groups in total. The standard InChI is InChI=1S/C20H22N2O2/c1-15-12-17(9-10-18(15)13-21-14-23)20(24)22-11-5-4-7-16-6-2-3-8-19(16)22/h2-3,6,8-10,12,14H,4-5,7,11,13H2,1H3,(H,21,23). The second-order valence-corrected chi connectivity index (χ2v) is 6.18. The molecule has 2 aromatic rings. The number of benzene rings is 2. The number of hydrogen-bond donors (Lipinski definition) is 1. The van der Waals surface area contributed by atoms with Gasteiger partial charge in [-0.15, -0.1) is 0 Å². The van der Waals surface area contributed by atoms with Gasteiger partial charge in [0.1, 0.15) is 0 Å². The number of nitrogens with one attached hydrogen (secondary N) is 1.